The van der Waals surface area contributed by atoms with E-state index < -0.39 is 0 Å². The van der Waals surface area contributed by atoms with Crippen molar-refractivity contribution in [3.63, 3.8) is 0 Å². The van der Waals surface area contributed by atoms with Gasteiger partial charge in [0.1, 0.15) is 5.82 Å². The Bertz CT molecular complexity index is 1120. The number of anilines is 1. The number of carbonyl (C=O) groups is 1. The second-order valence-electron chi connectivity index (χ2n) is 7.05. The fraction of sp³-hybridized carbons (Fsp3) is 0.318. The molecule has 5 nitrogen and oxygen atoms in total. The van der Waals surface area contributed by atoms with Gasteiger partial charge in [-0.2, -0.15) is 0 Å². The Labute approximate surface area is 215 Å². The van der Waals surface area contributed by atoms with Crippen LogP contribution in [0.4, 0.5) is 5.69 Å². The second kappa shape index (κ2) is 11.8. The highest BCUT2D eigenvalue weighted by atomic mass is 79.9. The second-order valence-corrected chi connectivity index (χ2v) is 10.7. The number of nitrogens with zero attached hydrogens (tertiary/aromatic N) is 3. The van der Waals surface area contributed by atoms with Gasteiger partial charge in [0.2, 0.25) is 5.91 Å². The fourth-order valence-corrected chi connectivity index (χ4v) is 5.76. The standard InChI is InChI=1S/C22H23BrCl2N4OS2/c1-4-29-20(11-31-10-15-5-6-16(24)9-18(15)25)27-28-22(29)32-12-21(30)26-19-8-7-17(23)13(2)14(19)3/h5-9H,4,10-12H2,1-3H3,(H,26,30). The van der Waals surface area contributed by atoms with E-state index in [9.17, 15) is 4.79 Å². The van der Waals surface area contributed by atoms with Crippen LogP contribution >= 0.6 is 62.7 Å². The summed E-state index contributed by atoms with van der Waals surface area (Å²) < 4.78 is 3.07. The molecule has 10 heteroatoms. The predicted octanol–water partition coefficient (Wildman–Crippen LogP) is 7.15. The summed E-state index contributed by atoms with van der Waals surface area (Å²) in [4.78, 5) is 12.5. The number of benzene rings is 2. The third-order valence-electron chi connectivity index (χ3n) is 4.94. The van der Waals surface area contributed by atoms with Gasteiger partial charge < -0.3 is 9.88 Å². The normalized spacial score (nSPS) is 11.1. The van der Waals surface area contributed by atoms with E-state index in [-0.39, 0.29) is 11.7 Å². The first kappa shape index (κ1) is 25.4. The Morgan fingerprint density at radius 3 is 2.62 bits per heavy atom. The third-order valence-corrected chi connectivity index (χ3v) is 8.33. The summed E-state index contributed by atoms with van der Waals surface area (Å²) in [6.45, 7) is 6.80. The lowest BCUT2D eigenvalue weighted by atomic mass is 10.1. The van der Waals surface area contributed by atoms with E-state index >= 15 is 0 Å². The van der Waals surface area contributed by atoms with Crippen LogP contribution in [0, 0.1) is 13.8 Å². The minimum absolute atomic E-state index is 0.0706. The molecule has 0 aliphatic rings. The van der Waals surface area contributed by atoms with E-state index in [1.165, 1.54) is 11.8 Å². The fourth-order valence-electron chi connectivity index (χ4n) is 2.98. The van der Waals surface area contributed by atoms with Crippen LogP contribution in [-0.2, 0) is 22.8 Å². The Morgan fingerprint density at radius 1 is 1.12 bits per heavy atom. The highest BCUT2D eigenvalue weighted by molar-refractivity contribution is 9.10. The first-order chi connectivity index (χ1) is 15.3. The number of aromatic nitrogens is 3. The van der Waals surface area contributed by atoms with Crippen molar-refractivity contribution in [2.24, 2.45) is 0 Å². The van der Waals surface area contributed by atoms with Crippen molar-refractivity contribution in [3.05, 3.63) is 67.4 Å². The van der Waals surface area contributed by atoms with Gasteiger partial charge in [0, 0.05) is 32.5 Å². The molecule has 0 aliphatic heterocycles. The summed E-state index contributed by atoms with van der Waals surface area (Å²) in [7, 11) is 0. The minimum Gasteiger partial charge on any atom is -0.325 e. The third kappa shape index (κ3) is 6.44. The number of thioether (sulfide) groups is 2. The van der Waals surface area contributed by atoms with Crippen molar-refractivity contribution < 1.29 is 4.79 Å². The highest BCUT2D eigenvalue weighted by Gasteiger charge is 2.15. The van der Waals surface area contributed by atoms with Crippen molar-refractivity contribution in [1.29, 1.82) is 0 Å². The summed E-state index contributed by atoms with van der Waals surface area (Å²) in [6, 6.07) is 9.39. The molecule has 0 aliphatic carbocycles. The largest absolute Gasteiger partial charge is 0.325 e. The van der Waals surface area contributed by atoms with E-state index in [1.807, 2.05) is 49.6 Å². The molecule has 0 saturated carbocycles. The monoisotopic (exact) mass is 572 g/mol. The van der Waals surface area contributed by atoms with Gasteiger partial charge in [0.05, 0.1) is 11.5 Å². The number of carbonyl (C=O) groups excluding carboxylic acids is 1. The van der Waals surface area contributed by atoms with E-state index in [0.29, 0.717) is 15.8 Å². The van der Waals surface area contributed by atoms with Crippen LogP contribution in [0.1, 0.15) is 29.4 Å². The van der Waals surface area contributed by atoms with Crippen LogP contribution in [0.5, 0.6) is 0 Å². The summed E-state index contributed by atoms with van der Waals surface area (Å²) in [6.07, 6.45) is 0. The average molecular weight is 574 g/mol. The first-order valence-electron chi connectivity index (χ1n) is 9.92. The molecule has 1 amide bonds. The number of amides is 1. The maximum atomic E-state index is 12.5. The zero-order valence-electron chi connectivity index (χ0n) is 17.9. The molecule has 170 valence electrons. The SMILES string of the molecule is CCn1c(CSCc2ccc(Cl)cc2Cl)nnc1SCC(=O)Nc1ccc(Br)c(C)c1C. The van der Waals surface area contributed by atoms with Gasteiger partial charge in [-0.15, -0.1) is 22.0 Å². The average Bonchev–Trinajstić information content (AvgIpc) is 3.16. The van der Waals surface area contributed by atoms with E-state index in [4.69, 9.17) is 23.2 Å². The quantitative estimate of drug-likeness (QED) is 0.275. The van der Waals surface area contributed by atoms with Gasteiger partial charge >= 0.3 is 0 Å². The maximum absolute atomic E-state index is 12.5. The minimum atomic E-state index is -0.0706. The molecular formula is C22H23BrCl2N4OS2. The zero-order valence-corrected chi connectivity index (χ0v) is 22.6. The summed E-state index contributed by atoms with van der Waals surface area (Å²) in [5.41, 5.74) is 4.03. The molecule has 1 heterocycles. The van der Waals surface area contributed by atoms with Crippen molar-refractivity contribution in [2.75, 3.05) is 11.1 Å². The summed E-state index contributed by atoms with van der Waals surface area (Å²) in [5.74, 6) is 2.52. The first-order valence-corrected chi connectivity index (χ1v) is 13.6. The lowest BCUT2D eigenvalue weighted by Crippen LogP contribution is -2.16. The molecule has 0 radical (unpaired) electrons. The predicted molar refractivity (Wildman–Crippen MR) is 140 cm³/mol. The molecule has 0 fully saturated rings. The van der Waals surface area contributed by atoms with E-state index in [2.05, 4.69) is 31.4 Å². The molecular weight excluding hydrogens is 551 g/mol. The zero-order chi connectivity index (χ0) is 23.3. The van der Waals surface area contributed by atoms with E-state index in [1.54, 1.807) is 17.8 Å². The van der Waals surface area contributed by atoms with Gasteiger partial charge in [-0.05, 0) is 61.7 Å². The van der Waals surface area contributed by atoms with Gasteiger partial charge in [-0.3, -0.25) is 4.79 Å². The van der Waals surface area contributed by atoms with Crippen molar-refractivity contribution in [3.8, 4) is 0 Å². The Morgan fingerprint density at radius 2 is 1.91 bits per heavy atom. The molecule has 0 unspecified atom stereocenters. The Balaban J connectivity index is 1.56. The van der Waals surface area contributed by atoms with Crippen LogP contribution in [0.3, 0.4) is 0 Å². The lowest BCUT2D eigenvalue weighted by Gasteiger charge is -2.12. The van der Waals surface area contributed by atoms with Gasteiger partial charge in [0.25, 0.3) is 0 Å². The number of hydrogen-bond donors (Lipinski definition) is 1. The molecule has 32 heavy (non-hydrogen) atoms. The highest BCUT2D eigenvalue weighted by Crippen LogP contribution is 2.28. The van der Waals surface area contributed by atoms with Crippen molar-refractivity contribution >= 4 is 74.3 Å². The molecule has 1 N–H and O–H groups in total. The maximum Gasteiger partial charge on any atom is 0.234 e. The van der Waals surface area contributed by atoms with Crippen LogP contribution in [0.25, 0.3) is 0 Å². The molecule has 3 aromatic rings. The molecule has 3 rings (SSSR count). The molecule has 0 atom stereocenters. The lowest BCUT2D eigenvalue weighted by molar-refractivity contribution is -0.113. The van der Waals surface area contributed by atoms with Crippen molar-refractivity contribution in [2.45, 2.75) is 44.0 Å². The summed E-state index contributed by atoms with van der Waals surface area (Å²) >= 11 is 18.8. The van der Waals surface area contributed by atoms with Gasteiger partial charge in [-0.1, -0.05) is 57.0 Å². The van der Waals surface area contributed by atoms with Crippen LogP contribution < -0.4 is 5.32 Å². The molecule has 0 bridgehead atoms. The molecule has 2 aromatic carbocycles. The van der Waals surface area contributed by atoms with E-state index in [0.717, 1.165) is 50.1 Å². The smallest absolute Gasteiger partial charge is 0.234 e. The van der Waals surface area contributed by atoms with Crippen LogP contribution in [0.2, 0.25) is 10.0 Å². The Kier molecular flexibility index (Phi) is 9.37. The molecule has 0 saturated heterocycles. The summed E-state index contributed by atoms with van der Waals surface area (Å²) in [5, 5.41) is 13.7. The van der Waals surface area contributed by atoms with Gasteiger partial charge in [0.15, 0.2) is 5.16 Å². The molecule has 1 aromatic heterocycles. The molecule has 0 spiro atoms. The number of halogens is 3. The van der Waals surface area contributed by atoms with Crippen LogP contribution in [0.15, 0.2) is 40.0 Å². The number of nitrogens with one attached hydrogen (secondary N) is 1. The van der Waals surface area contributed by atoms with Crippen LogP contribution in [-0.4, -0.2) is 26.4 Å². The Hall–Kier alpha value is -1.19. The van der Waals surface area contributed by atoms with Gasteiger partial charge in [-0.25, -0.2) is 0 Å². The number of rotatable bonds is 9. The number of hydrogen-bond acceptors (Lipinski definition) is 5. The topological polar surface area (TPSA) is 59.8 Å². The van der Waals surface area contributed by atoms with Crippen molar-refractivity contribution in [1.82, 2.24) is 14.8 Å².